The number of hydrogen-bond acceptors (Lipinski definition) is 6. The van der Waals surface area contributed by atoms with E-state index in [-0.39, 0.29) is 23.8 Å². The summed E-state index contributed by atoms with van der Waals surface area (Å²) in [6.07, 6.45) is 1.47. The number of aliphatic hydroxyl groups excluding tert-OH is 1. The van der Waals surface area contributed by atoms with Crippen molar-refractivity contribution in [3.8, 4) is 5.75 Å². The van der Waals surface area contributed by atoms with Gasteiger partial charge in [0.15, 0.2) is 6.10 Å². The highest BCUT2D eigenvalue weighted by Gasteiger charge is 2.30. The number of sulfonamides is 1. The number of rotatable bonds is 9. The molecule has 1 fully saturated rings. The van der Waals surface area contributed by atoms with Crippen LogP contribution in [0, 0.1) is 0 Å². The smallest absolute Gasteiger partial charge is 0.261 e. The van der Waals surface area contributed by atoms with Gasteiger partial charge in [-0.3, -0.25) is 14.4 Å². The van der Waals surface area contributed by atoms with Gasteiger partial charge < -0.3 is 15.2 Å². The number of likely N-dealkylation sites (tertiary alicyclic amines) is 1. The van der Waals surface area contributed by atoms with Crippen LogP contribution in [0.2, 0.25) is 0 Å². The first-order chi connectivity index (χ1) is 16.3. The van der Waals surface area contributed by atoms with E-state index in [1.54, 1.807) is 18.2 Å². The topological polar surface area (TPSA) is 108 Å². The maximum atomic E-state index is 13.2. The van der Waals surface area contributed by atoms with Crippen molar-refractivity contribution < 1.29 is 23.1 Å². The highest BCUT2D eigenvalue weighted by Crippen LogP contribution is 2.31. The minimum absolute atomic E-state index is 0.0712. The van der Waals surface area contributed by atoms with Gasteiger partial charge in [0.2, 0.25) is 10.0 Å². The first kappa shape index (κ1) is 24.5. The predicted octanol–water partition coefficient (Wildman–Crippen LogP) is 2.46. The summed E-state index contributed by atoms with van der Waals surface area (Å²) in [5.74, 6) is 0.498. The molecule has 0 aromatic heterocycles. The summed E-state index contributed by atoms with van der Waals surface area (Å²) in [5.41, 5.74) is 2.40. The molecule has 0 unspecified atom stereocenters. The second-order valence-electron chi connectivity index (χ2n) is 9.06. The molecule has 0 spiro atoms. The van der Waals surface area contributed by atoms with Gasteiger partial charge in [0.05, 0.1) is 17.9 Å². The number of hydrogen-bond donors (Lipinski definition) is 3. The molecular formula is C25H33N3O5S. The van der Waals surface area contributed by atoms with Crippen LogP contribution in [0.1, 0.15) is 43.4 Å². The zero-order chi connectivity index (χ0) is 24.1. The predicted molar refractivity (Wildman–Crippen MR) is 131 cm³/mol. The SMILES string of the molecule is CCCS(=O)(=O)Nc1ccc2c(c1)CC[C@H](C(=O)N[C@H](CN1CC[C@H](O)C1)c1ccccc1)O2. The molecule has 9 heteroatoms. The number of nitrogens with one attached hydrogen (secondary N) is 2. The third-order valence-electron chi connectivity index (χ3n) is 6.25. The Kier molecular flexibility index (Phi) is 7.75. The van der Waals surface area contributed by atoms with Crippen LogP contribution in [0.25, 0.3) is 0 Å². The van der Waals surface area contributed by atoms with Crippen LogP contribution in [-0.2, 0) is 21.2 Å². The van der Waals surface area contributed by atoms with Crippen LogP contribution in [0.15, 0.2) is 48.5 Å². The van der Waals surface area contributed by atoms with E-state index in [9.17, 15) is 18.3 Å². The third-order valence-corrected chi connectivity index (χ3v) is 7.74. The molecule has 2 aliphatic heterocycles. The Hall–Kier alpha value is -2.62. The van der Waals surface area contributed by atoms with E-state index in [2.05, 4.69) is 14.9 Å². The summed E-state index contributed by atoms with van der Waals surface area (Å²) < 4.78 is 32.7. The number of carbonyl (C=O) groups is 1. The van der Waals surface area contributed by atoms with E-state index >= 15 is 0 Å². The first-order valence-corrected chi connectivity index (χ1v) is 13.5. The highest BCUT2D eigenvalue weighted by atomic mass is 32.2. The molecule has 0 radical (unpaired) electrons. The molecule has 1 saturated heterocycles. The van der Waals surface area contributed by atoms with E-state index in [1.165, 1.54) is 0 Å². The molecule has 0 bridgehead atoms. The molecule has 2 aromatic rings. The Labute approximate surface area is 201 Å². The monoisotopic (exact) mass is 487 g/mol. The van der Waals surface area contributed by atoms with E-state index in [0.29, 0.717) is 43.8 Å². The number of anilines is 1. The molecule has 34 heavy (non-hydrogen) atoms. The van der Waals surface area contributed by atoms with Crippen LogP contribution >= 0.6 is 0 Å². The molecular weight excluding hydrogens is 454 g/mol. The number of fused-ring (bicyclic) bond motifs is 1. The summed E-state index contributed by atoms with van der Waals surface area (Å²) in [6, 6.07) is 14.8. The lowest BCUT2D eigenvalue weighted by Gasteiger charge is -2.29. The van der Waals surface area contributed by atoms with E-state index in [4.69, 9.17) is 4.74 Å². The summed E-state index contributed by atoms with van der Waals surface area (Å²) in [7, 11) is -3.36. The lowest BCUT2D eigenvalue weighted by atomic mass is 10.00. The lowest BCUT2D eigenvalue weighted by molar-refractivity contribution is -0.129. The van der Waals surface area contributed by atoms with E-state index in [0.717, 1.165) is 24.1 Å². The summed E-state index contributed by atoms with van der Waals surface area (Å²) in [4.78, 5) is 15.3. The number of nitrogens with zero attached hydrogens (tertiary/aromatic N) is 1. The Morgan fingerprint density at radius 2 is 2.00 bits per heavy atom. The number of aliphatic hydroxyl groups is 1. The summed E-state index contributed by atoms with van der Waals surface area (Å²) in [5, 5.41) is 13.0. The van der Waals surface area contributed by atoms with Gasteiger partial charge in [0.25, 0.3) is 5.91 Å². The molecule has 2 aromatic carbocycles. The molecule has 184 valence electrons. The van der Waals surface area contributed by atoms with Crippen molar-refractivity contribution in [1.82, 2.24) is 10.2 Å². The van der Waals surface area contributed by atoms with Crippen LogP contribution < -0.4 is 14.8 Å². The minimum atomic E-state index is -3.36. The van der Waals surface area contributed by atoms with Gasteiger partial charge >= 0.3 is 0 Å². The number of β-amino-alcohol motifs (C(OH)–C–C–N with tert-alkyl or cyclic N) is 1. The van der Waals surface area contributed by atoms with Crippen molar-refractivity contribution in [3.05, 3.63) is 59.7 Å². The van der Waals surface area contributed by atoms with Crippen molar-refractivity contribution in [2.24, 2.45) is 0 Å². The maximum Gasteiger partial charge on any atom is 0.261 e. The number of aryl methyl sites for hydroxylation is 1. The van der Waals surface area contributed by atoms with E-state index < -0.39 is 16.1 Å². The Balaban J connectivity index is 1.42. The van der Waals surface area contributed by atoms with Gasteiger partial charge in [-0.25, -0.2) is 8.42 Å². The van der Waals surface area contributed by atoms with Gasteiger partial charge in [-0.1, -0.05) is 37.3 Å². The largest absolute Gasteiger partial charge is 0.480 e. The zero-order valence-electron chi connectivity index (χ0n) is 19.4. The van der Waals surface area contributed by atoms with Crippen LogP contribution in [-0.4, -0.2) is 61.9 Å². The summed E-state index contributed by atoms with van der Waals surface area (Å²) >= 11 is 0. The molecule has 2 aliphatic rings. The van der Waals surface area contributed by atoms with Crippen molar-refractivity contribution in [2.45, 2.75) is 50.9 Å². The normalized spacial score (nSPS) is 21.4. The number of carbonyl (C=O) groups excluding carboxylic acids is 1. The number of ether oxygens (including phenoxy) is 1. The fraction of sp³-hybridized carbons (Fsp3) is 0.480. The fourth-order valence-electron chi connectivity index (χ4n) is 4.56. The second kappa shape index (κ2) is 10.8. The molecule has 0 saturated carbocycles. The molecule has 3 N–H and O–H groups in total. The second-order valence-corrected chi connectivity index (χ2v) is 10.9. The highest BCUT2D eigenvalue weighted by molar-refractivity contribution is 7.92. The zero-order valence-corrected chi connectivity index (χ0v) is 20.3. The molecule has 8 nitrogen and oxygen atoms in total. The van der Waals surface area contributed by atoms with Crippen LogP contribution in [0.3, 0.4) is 0 Å². The minimum Gasteiger partial charge on any atom is -0.480 e. The van der Waals surface area contributed by atoms with Crippen LogP contribution in [0.5, 0.6) is 5.75 Å². The fourth-order valence-corrected chi connectivity index (χ4v) is 5.68. The standard InChI is InChI=1S/C25H33N3O5S/c1-2-14-34(31,32)27-20-9-11-23-19(15-20)8-10-24(33-23)25(30)26-22(18-6-4-3-5-7-18)17-28-13-12-21(29)16-28/h3-7,9,11,15,21-22,24,27,29H,2,8,10,12-14,16-17H2,1H3,(H,26,30)/t21-,22+,24+/m0/s1. The number of benzene rings is 2. The van der Waals surface area contributed by atoms with E-state index in [1.807, 2.05) is 37.3 Å². The maximum absolute atomic E-state index is 13.2. The van der Waals surface area contributed by atoms with Gasteiger partial charge in [0, 0.05) is 25.3 Å². The van der Waals surface area contributed by atoms with Crippen molar-refractivity contribution in [3.63, 3.8) is 0 Å². The lowest BCUT2D eigenvalue weighted by Crippen LogP contribution is -2.45. The molecule has 4 rings (SSSR count). The van der Waals surface area contributed by atoms with Gasteiger partial charge in [-0.05, 0) is 55.0 Å². The quantitative estimate of drug-likeness (QED) is 0.502. The average molecular weight is 488 g/mol. The molecule has 2 heterocycles. The molecule has 3 atom stereocenters. The molecule has 0 aliphatic carbocycles. The van der Waals surface area contributed by atoms with Crippen LogP contribution in [0.4, 0.5) is 5.69 Å². The van der Waals surface area contributed by atoms with Gasteiger partial charge in [0.1, 0.15) is 5.75 Å². The Morgan fingerprint density at radius 3 is 2.71 bits per heavy atom. The third kappa shape index (κ3) is 6.28. The first-order valence-electron chi connectivity index (χ1n) is 11.9. The Bertz CT molecular complexity index is 1090. The van der Waals surface area contributed by atoms with Crippen molar-refractivity contribution >= 4 is 21.6 Å². The number of amides is 1. The van der Waals surface area contributed by atoms with Gasteiger partial charge in [-0.15, -0.1) is 0 Å². The summed E-state index contributed by atoms with van der Waals surface area (Å²) in [6.45, 7) is 3.86. The Morgan fingerprint density at radius 1 is 1.21 bits per heavy atom. The van der Waals surface area contributed by atoms with Crippen molar-refractivity contribution in [1.29, 1.82) is 0 Å². The average Bonchev–Trinajstić information content (AvgIpc) is 3.23. The van der Waals surface area contributed by atoms with Crippen molar-refractivity contribution in [2.75, 3.05) is 30.1 Å². The molecule has 1 amide bonds. The van der Waals surface area contributed by atoms with Gasteiger partial charge in [-0.2, -0.15) is 0 Å².